The smallest absolute Gasteiger partial charge is 0.315 e. The van der Waals surface area contributed by atoms with E-state index >= 15 is 0 Å². The molecule has 8 heteroatoms. The lowest BCUT2D eigenvalue weighted by Crippen LogP contribution is -2.01. The van der Waals surface area contributed by atoms with Crippen LogP contribution in [0.25, 0.3) is 11.5 Å². The lowest BCUT2D eigenvalue weighted by molar-refractivity contribution is -0.384. The fourth-order valence-corrected chi connectivity index (χ4v) is 1.79. The molecule has 8 nitrogen and oxygen atoms in total. The van der Waals surface area contributed by atoms with E-state index in [1.807, 2.05) is 6.92 Å². The van der Waals surface area contributed by atoms with Crippen LogP contribution >= 0.6 is 0 Å². The van der Waals surface area contributed by atoms with E-state index in [4.69, 9.17) is 14.0 Å². The molecule has 0 N–H and O–H groups in total. The molecular formula is C14H15N3O5. The molecule has 1 aromatic carbocycles. The number of rotatable bonds is 6. The maximum atomic E-state index is 10.7. The van der Waals surface area contributed by atoms with Crippen molar-refractivity contribution in [3.63, 3.8) is 0 Å². The summed E-state index contributed by atoms with van der Waals surface area (Å²) in [5, 5.41) is 14.5. The van der Waals surface area contributed by atoms with Gasteiger partial charge in [0.25, 0.3) is 5.69 Å². The van der Waals surface area contributed by atoms with Crippen molar-refractivity contribution in [2.75, 3.05) is 13.7 Å². The quantitative estimate of drug-likeness (QED) is 0.462. The summed E-state index contributed by atoms with van der Waals surface area (Å²) in [5.41, 5.74) is 1.53. The lowest BCUT2D eigenvalue weighted by atomic mass is 10.2. The Kier molecular flexibility index (Phi) is 4.72. The Bertz CT molecular complexity index is 691. The Balaban J connectivity index is 2.41. The van der Waals surface area contributed by atoms with E-state index in [-0.39, 0.29) is 11.6 Å². The molecule has 0 radical (unpaired) electrons. The highest BCUT2D eigenvalue weighted by Crippen LogP contribution is 2.29. The maximum Gasteiger partial charge on any atom is 0.315 e. The van der Waals surface area contributed by atoms with Gasteiger partial charge >= 0.3 is 5.95 Å². The Morgan fingerprint density at radius 1 is 1.41 bits per heavy atom. The highest BCUT2D eigenvalue weighted by atomic mass is 16.6. The van der Waals surface area contributed by atoms with Gasteiger partial charge in [-0.2, -0.15) is 0 Å². The van der Waals surface area contributed by atoms with Crippen molar-refractivity contribution in [2.45, 2.75) is 13.8 Å². The Hall–Kier alpha value is -2.90. The first-order chi connectivity index (χ1) is 10.6. The van der Waals surface area contributed by atoms with Crippen molar-refractivity contribution in [3.8, 4) is 17.4 Å². The molecule has 1 heterocycles. The topological polar surface area (TPSA) is 100.0 Å². The van der Waals surface area contributed by atoms with Gasteiger partial charge in [-0.3, -0.25) is 10.1 Å². The molecule has 0 aliphatic heterocycles. The standard InChI is InChI=1S/C14H15N3O5/c1-4-21-14-12(9(2)16-20-3)15-13(22-14)10-5-7-11(8-6-10)17(18)19/h5-8H,4H2,1-3H3/b16-9-. The van der Waals surface area contributed by atoms with Gasteiger partial charge in [-0.05, 0) is 26.0 Å². The molecule has 0 atom stereocenters. The van der Waals surface area contributed by atoms with Crippen molar-refractivity contribution >= 4 is 11.4 Å². The average Bonchev–Trinajstić information content (AvgIpc) is 2.92. The Labute approximate surface area is 126 Å². The van der Waals surface area contributed by atoms with Crippen molar-refractivity contribution in [1.29, 1.82) is 0 Å². The minimum absolute atomic E-state index is 0.00214. The molecule has 0 saturated heterocycles. The molecule has 116 valence electrons. The molecule has 0 aliphatic carbocycles. The zero-order valence-corrected chi connectivity index (χ0v) is 12.4. The van der Waals surface area contributed by atoms with Crippen LogP contribution in [0.3, 0.4) is 0 Å². The number of benzene rings is 1. The number of ether oxygens (including phenoxy) is 1. The molecule has 0 aliphatic rings. The first-order valence-electron chi connectivity index (χ1n) is 6.53. The second-order valence-electron chi connectivity index (χ2n) is 4.25. The van der Waals surface area contributed by atoms with Crippen LogP contribution in [-0.2, 0) is 4.84 Å². The molecule has 0 saturated carbocycles. The minimum atomic E-state index is -0.466. The third kappa shape index (κ3) is 3.22. The largest absolute Gasteiger partial charge is 0.464 e. The fraction of sp³-hybridized carbons (Fsp3) is 0.286. The lowest BCUT2D eigenvalue weighted by Gasteiger charge is -1.99. The molecular weight excluding hydrogens is 290 g/mol. The van der Waals surface area contributed by atoms with Crippen LogP contribution in [-0.4, -0.2) is 29.3 Å². The number of nitrogens with zero attached hydrogens (tertiary/aromatic N) is 3. The number of oxazole rings is 1. The molecule has 0 amide bonds. The second-order valence-corrected chi connectivity index (χ2v) is 4.25. The number of aromatic nitrogens is 1. The first-order valence-corrected chi connectivity index (χ1v) is 6.53. The van der Waals surface area contributed by atoms with E-state index in [9.17, 15) is 10.1 Å². The summed E-state index contributed by atoms with van der Waals surface area (Å²) in [6, 6.07) is 5.89. The molecule has 0 spiro atoms. The molecule has 0 bridgehead atoms. The van der Waals surface area contributed by atoms with Gasteiger partial charge in [-0.1, -0.05) is 5.16 Å². The van der Waals surface area contributed by atoms with Crippen molar-refractivity contribution in [3.05, 3.63) is 40.1 Å². The number of oxime groups is 1. The van der Waals surface area contributed by atoms with E-state index in [1.54, 1.807) is 19.1 Å². The van der Waals surface area contributed by atoms with E-state index in [0.717, 1.165) is 0 Å². The fourth-order valence-electron chi connectivity index (χ4n) is 1.79. The normalized spacial score (nSPS) is 11.3. The van der Waals surface area contributed by atoms with Crippen molar-refractivity contribution in [1.82, 2.24) is 4.98 Å². The van der Waals surface area contributed by atoms with E-state index in [0.29, 0.717) is 29.5 Å². The van der Waals surface area contributed by atoms with Gasteiger partial charge in [0.1, 0.15) is 12.8 Å². The third-order valence-electron chi connectivity index (χ3n) is 2.77. The molecule has 1 aromatic heterocycles. The van der Waals surface area contributed by atoms with Gasteiger partial charge in [0.2, 0.25) is 5.89 Å². The summed E-state index contributed by atoms with van der Waals surface area (Å²) in [6.07, 6.45) is 0. The summed E-state index contributed by atoms with van der Waals surface area (Å²) in [6.45, 7) is 3.94. The number of nitro benzene ring substituents is 1. The van der Waals surface area contributed by atoms with Crippen LogP contribution < -0.4 is 4.74 Å². The van der Waals surface area contributed by atoms with Gasteiger partial charge in [-0.25, -0.2) is 4.98 Å². The summed E-state index contributed by atoms with van der Waals surface area (Å²) in [7, 11) is 1.43. The number of non-ortho nitro benzene ring substituents is 1. The molecule has 22 heavy (non-hydrogen) atoms. The minimum Gasteiger partial charge on any atom is -0.464 e. The van der Waals surface area contributed by atoms with Crippen molar-refractivity contribution < 1.29 is 18.9 Å². The van der Waals surface area contributed by atoms with Crippen LogP contribution in [0.15, 0.2) is 33.8 Å². The van der Waals surface area contributed by atoms with Gasteiger partial charge in [-0.15, -0.1) is 0 Å². The van der Waals surface area contributed by atoms with Crippen LogP contribution in [0.5, 0.6) is 5.95 Å². The maximum absolute atomic E-state index is 10.7. The first kappa shape index (κ1) is 15.5. The van der Waals surface area contributed by atoms with Crippen LogP contribution in [0.4, 0.5) is 5.69 Å². The number of hydrogen-bond acceptors (Lipinski definition) is 7. The third-order valence-corrected chi connectivity index (χ3v) is 2.77. The van der Waals surface area contributed by atoms with Gasteiger partial charge in [0.05, 0.1) is 11.5 Å². The van der Waals surface area contributed by atoms with Crippen LogP contribution in [0.1, 0.15) is 19.5 Å². The van der Waals surface area contributed by atoms with E-state index in [2.05, 4.69) is 10.1 Å². The van der Waals surface area contributed by atoms with Gasteiger partial charge in [0, 0.05) is 17.7 Å². The zero-order valence-electron chi connectivity index (χ0n) is 12.4. The van der Waals surface area contributed by atoms with Crippen molar-refractivity contribution in [2.24, 2.45) is 5.16 Å². The monoisotopic (exact) mass is 305 g/mol. The molecule has 0 fully saturated rings. The molecule has 2 aromatic rings. The van der Waals surface area contributed by atoms with Gasteiger partial charge in [0.15, 0.2) is 5.69 Å². The number of hydrogen-bond donors (Lipinski definition) is 0. The molecule has 2 rings (SSSR count). The summed E-state index contributed by atoms with van der Waals surface area (Å²) in [4.78, 5) is 19.2. The zero-order chi connectivity index (χ0) is 16.1. The van der Waals surface area contributed by atoms with E-state index in [1.165, 1.54) is 19.2 Å². The Morgan fingerprint density at radius 2 is 2.09 bits per heavy atom. The highest BCUT2D eigenvalue weighted by Gasteiger charge is 2.19. The summed E-state index contributed by atoms with van der Waals surface area (Å²) >= 11 is 0. The van der Waals surface area contributed by atoms with Crippen LogP contribution in [0.2, 0.25) is 0 Å². The summed E-state index contributed by atoms with van der Waals surface area (Å²) < 4.78 is 11.0. The predicted octanol–water partition coefficient (Wildman–Crippen LogP) is 3.02. The summed E-state index contributed by atoms with van der Waals surface area (Å²) in [5.74, 6) is 0.521. The SMILES string of the molecule is CCOc1oc(-c2ccc([N+](=O)[O-])cc2)nc1/C(C)=N\OC. The second kappa shape index (κ2) is 6.70. The highest BCUT2D eigenvalue weighted by molar-refractivity contribution is 5.98. The predicted molar refractivity (Wildman–Crippen MR) is 79.0 cm³/mol. The van der Waals surface area contributed by atoms with Gasteiger partial charge < -0.3 is 14.0 Å². The Morgan fingerprint density at radius 3 is 2.64 bits per heavy atom. The number of nitro groups is 1. The molecule has 0 unspecified atom stereocenters. The average molecular weight is 305 g/mol. The van der Waals surface area contributed by atoms with E-state index < -0.39 is 4.92 Å². The van der Waals surface area contributed by atoms with Crippen LogP contribution in [0, 0.1) is 10.1 Å².